The fourth-order valence-corrected chi connectivity index (χ4v) is 4.08. The Labute approximate surface area is 218 Å². The maximum atomic E-state index is 13.0. The highest BCUT2D eigenvalue weighted by Crippen LogP contribution is 2.22. The zero-order valence-electron chi connectivity index (χ0n) is 20.9. The van der Waals surface area contributed by atoms with E-state index < -0.39 is 12.1 Å². The Hall–Kier alpha value is -3.88. The van der Waals surface area contributed by atoms with E-state index in [1.54, 1.807) is 24.3 Å². The van der Waals surface area contributed by atoms with E-state index in [1.807, 2.05) is 60.7 Å². The summed E-state index contributed by atoms with van der Waals surface area (Å²) in [7, 11) is 0. The molecule has 8 nitrogen and oxygen atoms in total. The van der Waals surface area contributed by atoms with Crippen molar-refractivity contribution < 1.29 is 19.1 Å². The van der Waals surface area contributed by atoms with Crippen LogP contribution in [0.25, 0.3) is 0 Å². The summed E-state index contributed by atoms with van der Waals surface area (Å²) >= 11 is 0. The molecule has 3 aromatic rings. The van der Waals surface area contributed by atoms with Gasteiger partial charge in [-0.1, -0.05) is 48.5 Å². The highest BCUT2D eigenvalue weighted by atomic mass is 16.5. The lowest BCUT2D eigenvalue weighted by atomic mass is 10.1. The van der Waals surface area contributed by atoms with Gasteiger partial charge in [0.2, 0.25) is 5.91 Å². The van der Waals surface area contributed by atoms with Gasteiger partial charge in [-0.05, 0) is 54.9 Å². The first-order valence-corrected chi connectivity index (χ1v) is 12.7. The predicted octanol–water partition coefficient (Wildman–Crippen LogP) is 4.05. The summed E-state index contributed by atoms with van der Waals surface area (Å²) in [5.41, 5.74) is 1.57. The van der Waals surface area contributed by atoms with E-state index in [1.165, 1.54) is 0 Å². The molecule has 8 heteroatoms. The number of amides is 3. The lowest BCUT2D eigenvalue weighted by Gasteiger charge is -2.26. The molecular weight excluding hydrogens is 468 g/mol. The third-order valence-corrected chi connectivity index (χ3v) is 6.05. The maximum absolute atomic E-state index is 13.0. The molecule has 1 aliphatic rings. The van der Waals surface area contributed by atoms with Crippen molar-refractivity contribution in [3.8, 4) is 11.5 Å². The fraction of sp³-hybridized carbons (Fsp3) is 0.310. The van der Waals surface area contributed by atoms with Crippen molar-refractivity contribution >= 4 is 17.6 Å². The third kappa shape index (κ3) is 8.93. The van der Waals surface area contributed by atoms with Crippen LogP contribution in [0.2, 0.25) is 0 Å². The van der Waals surface area contributed by atoms with Gasteiger partial charge in [0.05, 0.1) is 13.2 Å². The van der Waals surface area contributed by atoms with Gasteiger partial charge >= 0.3 is 6.03 Å². The largest absolute Gasteiger partial charge is 0.457 e. The Bertz CT molecular complexity index is 1100. The number of carbonyl (C=O) groups is 2. The van der Waals surface area contributed by atoms with Crippen LogP contribution >= 0.6 is 0 Å². The molecule has 1 aliphatic heterocycles. The minimum Gasteiger partial charge on any atom is -0.457 e. The summed E-state index contributed by atoms with van der Waals surface area (Å²) in [6.45, 7) is 4.82. The second kappa shape index (κ2) is 14.0. The van der Waals surface area contributed by atoms with Crippen LogP contribution in [-0.4, -0.2) is 62.3 Å². The van der Waals surface area contributed by atoms with E-state index in [2.05, 4.69) is 20.9 Å². The Morgan fingerprint density at radius 3 is 2.22 bits per heavy atom. The van der Waals surface area contributed by atoms with Gasteiger partial charge < -0.3 is 25.4 Å². The second-order valence-electron chi connectivity index (χ2n) is 8.88. The summed E-state index contributed by atoms with van der Waals surface area (Å²) in [5, 5.41) is 8.64. The van der Waals surface area contributed by atoms with Crippen LogP contribution in [0.4, 0.5) is 10.5 Å². The van der Waals surface area contributed by atoms with E-state index >= 15 is 0 Å². The van der Waals surface area contributed by atoms with Gasteiger partial charge in [-0.25, -0.2) is 4.79 Å². The number of nitrogens with zero attached hydrogens (tertiary/aromatic N) is 1. The molecule has 0 spiro atoms. The number of hydrogen-bond acceptors (Lipinski definition) is 5. The molecule has 0 aromatic heterocycles. The molecule has 0 saturated carbocycles. The molecule has 37 heavy (non-hydrogen) atoms. The molecule has 1 atom stereocenters. The second-order valence-corrected chi connectivity index (χ2v) is 8.88. The molecule has 4 rings (SSSR count). The van der Waals surface area contributed by atoms with Crippen LogP contribution < -0.4 is 20.7 Å². The summed E-state index contributed by atoms with van der Waals surface area (Å²) in [6.07, 6.45) is 1.24. The van der Waals surface area contributed by atoms with Crippen molar-refractivity contribution in [2.24, 2.45) is 0 Å². The van der Waals surface area contributed by atoms with Crippen molar-refractivity contribution in [1.29, 1.82) is 0 Å². The first-order chi connectivity index (χ1) is 18.2. The first kappa shape index (κ1) is 26.2. The number of benzene rings is 3. The van der Waals surface area contributed by atoms with Crippen LogP contribution in [0.1, 0.15) is 12.0 Å². The number of rotatable bonds is 11. The Balaban J connectivity index is 1.29. The molecular formula is C29H34N4O4. The van der Waals surface area contributed by atoms with Crippen LogP contribution in [0.5, 0.6) is 11.5 Å². The lowest BCUT2D eigenvalue weighted by molar-refractivity contribution is -0.122. The summed E-state index contributed by atoms with van der Waals surface area (Å²) in [6, 6.07) is 25.1. The molecule has 3 amide bonds. The zero-order chi connectivity index (χ0) is 25.7. The smallest absolute Gasteiger partial charge is 0.319 e. The molecule has 194 valence electrons. The van der Waals surface area contributed by atoms with E-state index in [-0.39, 0.29) is 5.91 Å². The normalized spacial score (nSPS) is 14.4. The standard InChI is InChI=1S/C29H34N4O4/c34-28(30-16-7-17-33-18-20-36-21-19-33)27(22-23-8-3-1-4-9-23)32-29(35)31-24-12-14-26(15-13-24)37-25-10-5-2-6-11-25/h1-6,8-15,27H,7,16-22H2,(H,30,34)(H2,31,32,35)/t27-/m1/s1. The van der Waals surface area contributed by atoms with Crippen molar-refractivity contribution in [1.82, 2.24) is 15.5 Å². The summed E-state index contributed by atoms with van der Waals surface area (Å²) in [5.74, 6) is 1.20. The van der Waals surface area contributed by atoms with Crippen LogP contribution in [0, 0.1) is 0 Å². The number of anilines is 1. The Morgan fingerprint density at radius 2 is 1.51 bits per heavy atom. The van der Waals surface area contributed by atoms with Gasteiger partial charge in [0, 0.05) is 31.7 Å². The molecule has 1 heterocycles. The molecule has 1 fully saturated rings. The average Bonchev–Trinajstić information content (AvgIpc) is 2.93. The Morgan fingerprint density at radius 1 is 0.865 bits per heavy atom. The van der Waals surface area contributed by atoms with Crippen molar-refractivity contribution in [2.75, 3.05) is 44.7 Å². The number of carbonyl (C=O) groups excluding carboxylic acids is 2. The molecule has 3 aromatic carbocycles. The fourth-order valence-electron chi connectivity index (χ4n) is 4.08. The molecule has 0 unspecified atom stereocenters. The van der Waals surface area contributed by atoms with Crippen molar-refractivity contribution in [3.05, 3.63) is 90.5 Å². The summed E-state index contributed by atoms with van der Waals surface area (Å²) < 4.78 is 11.2. The molecule has 3 N–H and O–H groups in total. The number of hydrogen-bond donors (Lipinski definition) is 3. The van der Waals surface area contributed by atoms with Gasteiger partial charge in [0.15, 0.2) is 0 Å². The predicted molar refractivity (Wildman–Crippen MR) is 144 cm³/mol. The third-order valence-electron chi connectivity index (χ3n) is 6.05. The van der Waals surface area contributed by atoms with Gasteiger partial charge in [0.25, 0.3) is 0 Å². The number of nitrogens with one attached hydrogen (secondary N) is 3. The molecule has 0 radical (unpaired) electrons. The van der Waals surface area contributed by atoms with Gasteiger partial charge in [0.1, 0.15) is 17.5 Å². The van der Waals surface area contributed by atoms with E-state index in [0.29, 0.717) is 24.4 Å². The van der Waals surface area contributed by atoms with Crippen LogP contribution in [0.3, 0.4) is 0 Å². The molecule has 0 bridgehead atoms. The van der Waals surface area contributed by atoms with Crippen molar-refractivity contribution in [2.45, 2.75) is 18.9 Å². The molecule has 0 aliphatic carbocycles. The van der Waals surface area contributed by atoms with Crippen molar-refractivity contribution in [3.63, 3.8) is 0 Å². The lowest BCUT2D eigenvalue weighted by Crippen LogP contribution is -2.49. The minimum absolute atomic E-state index is 0.201. The maximum Gasteiger partial charge on any atom is 0.319 e. The molecule has 1 saturated heterocycles. The van der Waals surface area contributed by atoms with Gasteiger partial charge in [-0.2, -0.15) is 0 Å². The Kier molecular flexibility index (Phi) is 9.92. The number of para-hydroxylation sites is 1. The van der Waals surface area contributed by atoms with Gasteiger partial charge in [-0.3, -0.25) is 9.69 Å². The SMILES string of the molecule is O=C(Nc1ccc(Oc2ccccc2)cc1)N[C@H](Cc1ccccc1)C(=O)NCCCN1CCOCC1. The highest BCUT2D eigenvalue weighted by Gasteiger charge is 2.21. The highest BCUT2D eigenvalue weighted by molar-refractivity contribution is 5.93. The van der Waals surface area contributed by atoms with Gasteiger partial charge in [-0.15, -0.1) is 0 Å². The minimum atomic E-state index is -0.702. The summed E-state index contributed by atoms with van der Waals surface area (Å²) in [4.78, 5) is 28.1. The number of urea groups is 1. The van der Waals surface area contributed by atoms with Crippen LogP contribution in [0.15, 0.2) is 84.9 Å². The quantitative estimate of drug-likeness (QED) is 0.344. The zero-order valence-corrected chi connectivity index (χ0v) is 20.9. The van der Waals surface area contributed by atoms with Crippen LogP contribution in [-0.2, 0) is 16.0 Å². The van der Waals surface area contributed by atoms with E-state index in [4.69, 9.17) is 9.47 Å². The van der Waals surface area contributed by atoms with E-state index in [0.717, 1.165) is 50.6 Å². The average molecular weight is 503 g/mol. The monoisotopic (exact) mass is 502 g/mol. The number of ether oxygens (including phenoxy) is 2. The van der Waals surface area contributed by atoms with E-state index in [9.17, 15) is 9.59 Å². The number of morpholine rings is 1. The topological polar surface area (TPSA) is 91.9 Å². The first-order valence-electron chi connectivity index (χ1n) is 12.7.